The minimum absolute atomic E-state index is 0.0625. The molecule has 3 rings (SSSR count). The van der Waals surface area contributed by atoms with Crippen LogP contribution in [0.1, 0.15) is 34.1 Å². The first-order valence-electron chi connectivity index (χ1n) is 9.85. The Balaban J connectivity index is 1.67. The number of thioether (sulfide) groups is 1. The highest BCUT2D eigenvalue weighted by molar-refractivity contribution is 8.00. The van der Waals surface area contributed by atoms with Gasteiger partial charge in [0, 0.05) is 21.5 Å². The molecule has 0 spiro atoms. The molecule has 0 aliphatic carbocycles. The summed E-state index contributed by atoms with van der Waals surface area (Å²) in [6, 6.07) is 16.8. The molecule has 7 nitrogen and oxygen atoms in total. The van der Waals surface area contributed by atoms with Crippen LogP contribution in [0.3, 0.4) is 0 Å². The van der Waals surface area contributed by atoms with Crippen LogP contribution in [0.4, 0.5) is 5.69 Å². The quantitative estimate of drug-likeness (QED) is 0.282. The third-order valence-corrected chi connectivity index (χ3v) is 5.61. The Morgan fingerprint density at radius 3 is 2.22 bits per heavy atom. The molecule has 3 aromatic rings. The number of carboxylic acid groups (broad SMARTS) is 1. The van der Waals surface area contributed by atoms with Crippen LogP contribution in [0.2, 0.25) is 0 Å². The molecule has 0 aliphatic rings. The largest absolute Gasteiger partial charge is 0.478 e. The van der Waals surface area contributed by atoms with Crippen LogP contribution >= 0.6 is 11.8 Å². The lowest BCUT2D eigenvalue weighted by Crippen LogP contribution is -2.14. The van der Waals surface area contributed by atoms with Crippen LogP contribution in [0.5, 0.6) is 0 Å². The summed E-state index contributed by atoms with van der Waals surface area (Å²) in [5, 5.41) is 13.3. The second-order valence-electron chi connectivity index (χ2n) is 6.80. The Kier molecular flexibility index (Phi) is 7.62. The number of hydrogen-bond acceptors (Lipinski definition) is 6. The van der Waals surface area contributed by atoms with Gasteiger partial charge in [0.25, 0.3) is 5.91 Å². The number of amides is 1. The number of ether oxygens (including phenoxy) is 1. The molecule has 0 aromatic heterocycles. The Labute approximate surface area is 188 Å². The maximum absolute atomic E-state index is 12.9. The number of nitrogens with one attached hydrogen (secondary N) is 1. The minimum atomic E-state index is -1.10. The van der Waals surface area contributed by atoms with Crippen molar-refractivity contribution in [3.05, 3.63) is 71.8 Å². The lowest BCUT2D eigenvalue weighted by atomic mass is 9.98. The first-order chi connectivity index (χ1) is 15.4. The van der Waals surface area contributed by atoms with Gasteiger partial charge in [0.1, 0.15) is 6.42 Å². The number of hydrogen-bond donors (Lipinski definition) is 2. The van der Waals surface area contributed by atoms with E-state index in [4.69, 9.17) is 4.74 Å². The molecular formula is C24H21NO6S. The summed E-state index contributed by atoms with van der Waals surface area (Å²) in [7, 11) is 0. The number of esters is 1. The Morgan fingerprint density at radius 1 is 0.938 bits per heavy atom. The van der Waals surface area contributed by atoms with Gasteiger partial charge >= 0.3 is 11.9 Å². The van der Waals surface area contributed by atoms with Gasteiger partial charge in [0.2, 0.25) is 0 Å². The summed E-state index contributed by atoms with van der Waals surface area (Å²) in [5.41, 5.74) is 0.859. The summed E-state index contributed by atoms with van der Waals surface area (Å²) < 4.78 is 4.76. The molecule has 0 saturated carbocycles. The van der Waals surface area contributed by atoms with Crippen molar-refractivity contribution in [3.8, 4) is 0 Å². The average Bonchev–Trinajstić information content (AvgIpc) is 2.77. The van der Waals surface area contributed by atoms with E-state index in [9.17, 15) is 24.3 Å². The van der Waals surface area contributed by atoms with E-state index in [1.54, 1.807) is 61.5 Å². The number of carboxylic acids is 1. The van der Waals surface area contributed by atoms with E-state index in [1.807, 2.05) is 0 Å². The number of carbonyl (C=O) groups is 4. The van der Waals surface area contributed by atoms with Crippen molar-refractivity contribution < 1.29 is 29.0 Å². The molecule has 0 atom stereocenters. The predicted octanol–water partition coefficient (Wildman–Crippen LogP) is 4.40. The van der Waals surface area contributed by atoms with Gasteiger partial charge in [0.15, 0.2) is 5.78 Å². The zero-order valence-electron chi connectivity index (χ0n) is 17.3. The first-order valence-corrected chi connectivity index (χ1v) is 10.8. The van der Waals surface area contributed by atoms with Crippen molar-refractivity contribution in [1.82, 2.24) is 0 Å². The molecule has 3 aromatic carbocycles. The fraction of sp³-hybridized carbons (Fsp3) is 0.167. The van der Waals surface area contributed by atoms with E-state index in [2.05, 4.69) is 5.32 Å². The SMILES string of the molecule is CCOC(=O)CC(=O)CSc1ccc(NC(=O)c2cccc3cccc(C(=O)O)c23)cc1. The lowest BCUT2D eigenvalue weighted by Gasteiger charge is -2.11. The smallest absolute Gasteiger partial charge is 0.336 e. The van der Waals surface area contributed by atoms with Crippen molar-refractivity contribution in [2.75, 3.05) is 17.7 Å². The van der Waals surface area contributed by atoms with Gasteiger partial charge in [-0.3, -0.25) is 14.4 Å². The molecule has 0 unspecified atom stereocenters. The second-order valence-corrected chi connectivity index (χ2v) is 7.85. The summed E-state index contributed by atoms with van der Waals surface area (Å²) in [4.78, 5) is 48.4. The molecule has 0 radical (unpaired) electrons. The topological polar surface area (TPSA) is 110 Å². The monoisotopic (exact) mass is 451 g/mol. The number of fused-ring (bicyclic) bond motifs is 1. The van der Waals surface area contributed by atoms with Crippen molar-refractivity contribution in [1.29, 1.82) is 0 Å². The van der Waals surface area contributed by atoms with E-state index in [1.165, 1.54) is 17.8 Å². The molecule has 2 N–H and O–H groups in total. The molecule has 0 saturated heterocycles. The van der Waals surface area contributed by atoms with E-state index in [-0.39, 0.29) is 35.7 Å². The zero-order valence-corrected chi connectivity index (χ0v) is 18.1. The van der Waals surface area contributed by atoms with Crippen molar-refractivity contribution in [2.24, 2.45) is 0 Å². The molecule has 0 aliphatic heterocycles. The molecule has 32 heavy (non-hydrogen) atoms. The standard InChI is InChI=1S/C24H21NO6S/c1-2-31-21(27)13-17(26)14-32-18-11-9-16(10-12-18)25-23(28)19-7-3-5-15-6-4-8-20(22(15)19)24(29)30/h3-12H,2,13-14H2,1H3,(H,25,28)(H,29,30). The number of Topliss-reactive ketones (excluding diaryl/α,β-unsaturated/α-hetero) is 1. The highest BCUT2D eigenvalue weighted by Gasteiger charge is 2.17. The van der Waals surface area contributed by atoms with Crippen LogP contribution in [-0.2, 0) is 14.3 Å². The van der Waals surface area contributed by atoms with Crippen molar-refractivity contribution in [3.63, 3.8) is 0 Å². The van der Waals surface area contributed by atoms with Crippen LogP contribution in [0, 0.1) is 0 Å². The fourth-order valence-corrected chi connectivity index (χ4v) is 3.89. The molecule has 1 amide bonds. The summed E-state index contributed by atoms with van der Waals surface area (Å²) in [6.07, 6.45) is -0.252. The molecular weight excluding hydrogens is 430 g/mol. The zero-order chi connectivity index (χ0) is 23.1. The molecule has 164 valence electrons. The molecule has 0 fully saturated rings. The number of aromatic carboxylic acids is 1. The van der Waals surface area contributed by atoms with Crippen LogP contribution in [0.25, 0.3) is 10.8 Å². The number of anilines is 1. The maximum Gasteiger partial charge on any atom is 0.336 e. The van der Waals surface area contributed by atoms with Crippen LogP contribution in [0.15, 0.2) is 65.6 Å². The minimum Gasteiger partial charge on any atom is -0.478 e. The number of rotatable bonds is 9. The maximum atomic E-state index is 12.9. The van der Waals surface area contributed by atoms with Crippen LogP contribution in [-0.4, -0.2) is 41.1 Å². The Bertz CT molecular complexity index is 1170. The third-order valence-electron chi connectivity index (χ3n) is 4.54. The van der Waals surface area contributed by atoms with E-state index in [0.717, 1.165) is 4.90 Å². The Morgan fingerprint density at radius 2 is 1.59 bits per heavy atom. The lowest BCUT2D eigenvalue weighted by molar-refractivity contribution is -0.145. The highest BCUT2D eigenvalue weighted by atomic mass is 32.2. The second kappa shape index (κ2) is 10.6. The van der Waals surface area contributed by atoms with E-state index >= 15 is 0 Å². The molecule has 0 bridgehead atoms. The van der Waals surface area contributed by atoms with E-state index in [0.29, 0.717) is 16.5 Å². The van der Waals surface area contributed by atoms with Gasteiger partial charge in [-0.05, 0) is 48.7 Å². The van der Waals surface area contributed by atoms with Crippen molar-refractivity contribution in [2.45, 2.75) is 18.2 Å². The van der Waals surface area contributed by atoms with Gasteiger partial charge in [0.05, 0.1) is 17.9 Å². The van der Waals surface area contributed by atoms with Crippen LogP contribution < -0.4 is 5.32 Å². The van der Waals surface area contributed by atoms with Gasteiger partial charge in [-0.25, -0.2) is 4.79 Å². The number of benzene rings is 3. The summed E-state index contributed by atoms with van der Waals surface area (Å²) in [6.45, 7) is 1.92. The van der Waals surface area contributed by atoms with Crippen molar-refractivity contribution >= 4 is 51.9 Å². The molecule has 8 heteroatoms. The first kappa shape index (κ1) is 23.0. The Hall–Kier alpha value is -3.65. The van der Waals surface area contributed by atoms with Gasteiger partial charge in [-0.15, -0.1) is 11.8 Å². The third kappa shape index (κ3) is 5.73. The average molecular weight is 452 g/mol. The van der Waals surface area contributed by atoms with Gasteiger partial charge in [-0.2, -0.15) is 0 Å². The normalized spacial score (nSPS) is 10.5. The fourth-order valence-electron chi connectivity index (χ4n) is 3.13. The van der Waals surface area contributed by atoms with Gasteiger partial charge in [-0.1, -0.05) is 24.3 Å². The number of ketones is 1. The number of carbonyl (C=O) groups excluding carboxylic acids is 3. The highest BCUT2D eigenvalue weighted by Crippen LogP contribution is 2.25. The van der Waals surface area contributed by atoms with Gasteiger partial charge < -0.3 is 15.2 Å². The summed E-state index contributed by atoms with van der Waals surface area (Å²) >= 11 is 1.28. The molecule has 0 heterocycles. The predicted molar refractivity (Wildman–Crippen MR) is 122 cm³/mol. The van der Waals surface area contributed by atoms with E-state index < -0.39 is 17.8 Å². The summed E-state index contributed by atoms with van der Waals surface area (Å²) in [5.74, 6) is -2.14.